The Labute approximate surface area is 172 Å². The van der Waals surface area contributed by atoms with Gasteiger partial charge in [0.15, 0.2) is 23.1 Å². The molecule has 0 saturated carbocycles. The molecule has 154 valence electrons. The van der Waals surface area contributed by atoms with Crippen molar-refractivity contribution in [3.05, 3.63) is 82.8 Å². The molecular formula is C23H20F2N2O3. The van der Waals surface area contributed by atoms with Crippen LogP contribution in [-0.2, 0) is 0 Å². The van der Waals surface area contributed by atoms with Gasteiger partial charge in [0.25, 0.3) is 0 Å². The second-order valence-electron chi connectivity index (χ2n) is 7.31. The van der Waals surface area contributed by atoms with Gasteiger partial charge in [0.2, 0.25) is 6.23 Å². The van der Waals surface area contributed by atoms with Gasteiger partial charge in [-0.05, 0) is 44.2 Å². The minimum atomic E-state index is -0.929. The van der Waals surface area contributed by atoms with Crippen molar-refractivity contribution in [3.8, 4) is 11.5 Å². The lowest BCUT2D eigenvalue weighted by Gasteiger charge is -2.38. The van der Waals surface area contributed by atoms with Crippen LogP contribution in [0.3, 0.4) is 0 Å². The summed E-state index contributed by atoms with van der Waals surface area (Å²) in [6.07, 6.45) is -0.133. The lowest BCUT2D eigenvalue weighted by molar-refractivity contribution is -0.0214. The molecule has 0 fully saturated rings. The summed E-state index contributed by atoms with van der Waals surface area (Å²) in [6, 6.07) is 13.1. The molecule has 3 heterocycles. The molecule has 2 aromatic carbocycles. The molecule has 0 amide bonds. The van der Waals surface area contributed by atoms with Crippen molar-refractivity contribution < 1.29 is 22.7 Å². The molecule has 0 aliphatic carbocycles. The fraction of sp³-hybridized carbons (Fsp3) is 0.261. The minimum absolute atomic E-state index is 0.146. The van der Waals surface area contributed by atoms with Crippen LogP contribution in [-0.4, -0.2) is 17.3 Å². The van der Waals surface area contributed by atoms with Crippen molar-refractivity contribution in [2.24, 2.45) is 5.10 Å². The van der Waals surface area contributed by atoms with E-state index >= 15 is 0 Å². The smallest absolute Gasteiger partial charge is 0.214 e. The largest absolute Gasteiger partial charge is 0.490 e. The molecule has 2 atom stereocenters. The Morgan fingerprint density at radius 1 is 1.13 bits per heavy atom. The van der Waals surface area contributed by atoms with Crippen LogP contribution in [0.2, 0.25) is 0 Å². The van der Waals surface area contributed by atoms with Crippen molar-refractivity contribution in [2.45, 2.75) is 32.5 Å². The molecule has 5 rings (SSSR count). The number of rotatable bonds is 4. The molecule has 0 saturated heterocycles. The Bertz CT molecular complexity index is 1140. The molecule has 7 heteroatoms. The molecule has 0 spiro atoms. The highest BCUT2D eigenvalue weighted by atomic mass is 19.2. The van der Waals surface area contributed by atoms with E-state index in [-0.39, 0.29) is 6.04 Å². The monoisotopic (exact) mass is 410 g/mol. The standard InChI is InChI=1S/C23H20F2N2O3/c1-3-28-21-6-4-5-15-19-12-18(20-10-7-13(2)29-20)26-27(19)23(30-22(15)21)14-8-9-16(24)17(25)11-14/h4-11,19,23H,3,12H2,1-2H3/t19-,23+/m0/s1. The third-order valence-electron chi connectivity index (χ3n) is 5.33. The molecule has 2 aliphatic rings. The summed E-state index contributed by atoms with van der Waals surface area (Å²) in [7, 11) is 0. The van der Waals surface area contributed by atoms with Gasteiger partial charge in [-0.1, -0.05) is 18.2 Å². The average Bonchev–Trinajstić information content (AvgIpc) is 3.37. The van der Waals surface area contributed by atoms with Gasteiger partial charge < -0.3 is 13.9 Å². The van der Waals surface area contributed by atoms with Crippen LogP contribution in [0, 0.1) is 18.6 Å². The average molecular weight is 410 g/mol. The maximum Gasteiger partial charge on any atom is 0.214 e. The molecule has 5 nitrogen and oxygen atoms in total. The Morgan fingerprint density at radius 3 is 2.73 bits per heavy atom. The summed E-state index contributed by atoms with van der Waals surface area (Å²) in [5.41, 5.74) is 2.18. The number of ether oxygens (including phenoxy) is 2. The molecule has 0 unspecified atom stereocenters. The van der Waals surface area contributed by atoms with E-state index in [1.165, 1.54) is 6.07 Å². The van der Waals surface area contributed by atoms with Crippen molar-refractivity contribution in [3.63, 3.8) is 0 Å². The van der Waals surface area contributed by atoms with E-state index in [4.69, 9.17) is 19.0 Å². The number of benzene rings is 2. The maximum atomic E-state index is 14.0. The molecule has 0 bridgehead atoms. The first-order valence-electron chi connectivity index (χ1n) is 9.85. The molecule has 0 radical (unpaired) electrons. The number of aryl methyl sites for hydroxylation is 1. The molecule has 3 aromatic rings. The molecule has 30 heavy (non-hydrogen) atoms. The normalized spacial score (nSPS) is 19.7. The van der Waals surface area contributed by atoms with Crippen LogP contribution in [0.1, 0.15) is 48.3 Å². The topological polar surface area (TPSA) is 47.2 Å². The summed E-state index contributed by atoms with van der Waals surface area (Å²) >= 11 is 0. The molecule has 0 N–H and O–H groups in total. The summed E-state index contributed by atoms with van der Waals surface area (Å²) in [5, 5.41) is 6.54. The van der Waals surface area contributed by atoms with Crippen LogP contribution in [0.4, 0.5) is 8.78 Å². The number of halogens is 2. The van der Waals surface area contributed by atoms with Crippen molar-refractivity contribution >= 4 is 5.71 Å². The predicted octanol–water partition coefficient (Wildman–Crippen LogP) is 5.51. The maximum absolute atomic E-state index is 14.0. The first kappa shape index (κ1) is 18.7. The van der Waals surface area contributed by atoms with Gasteiger partial charge in [-0.2, -0.15) is 5.10 Å². The highest BCUT2D eigenvalue weighted by Crippen LogP contribution is 2.50. The zero-order valence-corrected chi connectivity index (χ0v) is 16.6. The highest BCUT2D eigenvalue weighted by molar-refractivity contribution is 5.99. The van der Waals surface area contributed by atoms with Gasteiger partial charge >= 0.3 is 0 Å². The fourth-order valence-corrected chi connectivity index (χ4v) is 3.98. The van der Waals surface area contributed by atoms with Crippen molar-refractivity contribution in [1.82, 2.24) is 5.01 Å². The summed E-state index contributed by atoms with van der Waals surface area (Å²) in [5.74, 6) is 0.866. The Kier molecular flexibility index (Phi) is 4.46. The van der Waals surface area contributed by atoms with Crippen LogP contribution in [0.15, 0.2) is 58.0 Å². The number of furan rings is 1. The number of fused-ring (bicyclic) bond motifs is 3. The second kappa shape index (κ2) is 7.16. The third-order valence-corrected chi connectivity index (χ3v) is 5.33. The van der Waals surface area contributed by atoms with Gasteiger partial charge in [-0.25, -0.2) is 13.8 Å². The summed E-state index contributed by atoms with van der Waals surface area (Å²) in [4.78, 5) is 0. The minimum Gasteiger partial charge on any atom is -0.490 e. The van der Waals surface area contributed by atoms with Crippen LogP contribution in [0.25, 0.3) is 0 Å². The van der Waals surface area contributed by atoms with E-state index in [0.29, 0.717) is 35.9 Å². The zero-order chi connectivity index (χ0) is 20.8. The van der Waals surface area contributed by atoms with Crippen molar-refractivity contribution in [1.29, 1.82) is 0 Å². The molecule has 2 aliphatic heterocycles. The van der Waals surface area contributed by atoms with E-state index in [9.17, 15) is 8.78 Å². The van der Waals surface area contributed by atoms with E-state index in [2.05, 4.69) is 0 Å². The van der Waals surface area contributed by atoms with Gasteiger partial charge in [-0.3, -0.25) is 0 Å². The van der Waals surface area contributed by atoms with E-state index in [0.717, 1.165) is 29.2 Å². The molecule has 1 aromatic heterocycles. The number of hydrogen-bond acceptors (Lipinski definition) is 5. The highest BCUT2D eigenvalue weighted by Gasteiger charge is 2.42. The van der Waals surface area contributed by atoms with Gasteiger partial charge in [0.1, 0.15) is 17.2 Å². The lowest BCUT2D eigenvalue weighted by atomic mass is 9.97. The second-order valence-corrected chi connectivity index (χ2v) is 7.31. The summed E-state index contributed by atoms with van der Waals surface area (Å²) in [6.45, 7) is 4.26. The SMILES string of the molecule is CCOc1cccc2c1O[C@H](c1ccc(F)c(F)c1)N1N=C(c3ccc(C)o3)C[C@@H]21. The third kappa shape index (κ3) is 3.01. The van der Waals surface area contributed by atoms with Gasteiger partial charge in [-0.15, -0.1) is 0 Å². The summed E-state index contributed by atoms with van der Waals surface area (Å²) < 4.78 is 45.3. The molecular weight excluding hydrogens is 390 g/mol. The van der Waals surface area contributed by atoms with E-state index in [1.807, 2.05) is 44.2 Å². The number of para-hydroxylation sites is 1. The Morgan fingerprint density at radius 2 is 2.00 bits per heavy atom. The van der Waals surface area contributed by atoms with Crippen molar-refractivity contribution in [2.75, 3.05) is 6.61 Å². The lowest BCUT2D eigenvalue weighted by Crippen LogP contribution is -2.34. The number of hydrogen-bond donors (Lipinski definition) is 0. The fourth-order valence-electron chi connectivity index (χ4n) is 3.98. The first-order chi connectivity index (χ1) is 14.5. The Hall–Kier alpha value is -3.35. The zero-order valence-electron chi connectivity index (χ0n) is 16.6. The first-order valence-corrected chi connectivity index (χ1v) is 9.85. The predicted molar refractivity (Wildman–Crippen MR) is 107 cm³/mol. The van der Waals surface area contributed by atoms with Gasteiger partial charge in [0, 0.05) is 17.5 Å². The number of hydrazone groups is 1. The quantitative estimate of drug-likeness (QED) is 0.569. The van der Waals surface area contributed by atoms with E-state index in [1.54, 1.807) is 5.01 Å². The Balaban J connectivity index is 1.62. The van der Waals surface area contributed by atoms with Gasteiger partial charge in [0.05, 0.1) is 12.6 Å². The number of nitrogens with zero attached hydrogens (tertiary/aromatic N) is 2. The van der Waals surface area contributed by atoms with Crippen LogP contribution in [0.5, 0.6) is 11.5 Å². The van der Waals surface area contributed by atoms with E-state index < -0.39 is 17.9 Å². The van der Waals surface area contributed by atoms with Crippen LogP contribution < -0.4 is 9.47 Å². The van der Waals surface area contributed by atoms with Crippen LogP contribution >= 0.6 is 0 Å².